The number of hydrogen-bond acceptors (Lipinski definition) is 2. The van der Waals surface area contributed by atoms with Gasteiger partial charge in [0.25, 0.3) is 0 Å². The van der Waals surface area contributed by atoms with Crippen LogP contribution >= 0.6 is 0 Å². The van der Waals surface area contributed by atoms with Crippen LogP contribution in [0.25, 0.3) is 0 Å². The number of nitrogens with zero attached hydrogens (tertiary/aromatic N) is 1. The van der Waals surface area contributed by atoms with Gasteiger partial charge in [-0.15, -0.1) is 0 Å². The third kappa shape index (κ3) is 1.44. The lowest BCUT2D eigenvalue weighted by molar-refractivity contribution is 0.0653. The molecule has 2 atom stereocenters. The van der Waals surface area contributed by atoms with Gasteiger partial charge in [0.05, 0.1) is 5.71 Å². The highest BCUT2D eigenvalue weighted by Crippen LogP contribution is 2.31. The predicted octanol–water partition coefficient (Wildman–Crippen LogP) is 2.77. The Morgan fingerprint density at radius 3 is 2.46 bits per heavy atom. The highest BCUT2D eigenvalue weighted by Gasteiger charge is 2.28. The topological polar surface area (TPSA) is 21.6 Å². The van der Waals surface area contributed by atoms with E-state index in [-0.39, 0.29) is 6.10 Å². The van der Waals surface area contributed by atoms with E-state index < -0.39 is 0 Å². The van der Waals surface area contributed by atoms with Gasteiger partial charge in [-0.2, -0.15) is 0 Å². The summed E-state index contributed by atoms with van der Waals surface area (Å²) in [6.07, 6.45) is 0.112. The molecule has 1 aromatic rings. The summed E-state index contributed by atoms with van der Waals surface area (Å²) in [7, 11) is 0. The van der Waals surface area contributed by atoms with Crippen molar-refractivity contribution < 1.29 is 4.84 Å². The molecule has 0 saturated carbocycles. The van der Waals surface area contributed by atoms with Crippen molar-refractivity contribution in [1.29, 1.82) is 0 Å². The van der Waals surface area contributed by atoms with Crippen LogP contribution in [0.2, 0.25) is 0 Å². The Bertz CT molecular complexity index is 318. The minimum absolute atomic E-state index is 0.112. The Balaban J connectivity index is 2.22. The second kappa shape index (κ2) is 3.21. The second-order valence-corrected chi connectivity index (χ2v) is 3.46. The van der Waals surface area contributed by atoms with Crippen molar-refractivity contribution in [1.82, 2.24) is 0 Å². The van der Waals surface area contributed by atoms with Crippen LogP contribution in [0.3, 0.4) is 0 Å². The summed E-state index contributed by atoms with van der Waals surface area (Å²) in [6.45, 7) is 4.15. The summed E-state index contributed by atoms with van der Waals surface area (Å²) in [6, 6.07) is 10.2. The first-order chi connectivity index (χ1) is 6.29. The first-order valence-electron chi connectivity index (χ1n) is 4.54. The van der Waals surface area contributed by atoms with Crippen molar-refractivity contribution in [2.45, 2.75) is 20.0 Å². The summed E-state index contributed by atoms with van der Waals surface area (Å²) in [5.74, 6) is 0.391. The Kier molecular flexibility index (Phi) is 2.05. The third-order valence-corrected chi connectivity index (χ3v) is 2.55. The largest absolute Gasteiger partial charge is 0.387 e. The molecule has 0 N–H and O–H groups in total. The molecule has 13 heavy (non-hydrogen) atoms. The second-order valence-electron chi connectivity index (χ2n) is 3.46. The van der Waals surface area contributed by atoms with E-state index in [0.29, 0.717) is 5.92 Å². The summed E-state index contributed by atoms with van der Waals surface area (Å²) < 4.78 is 0. The molecule has 0 aromatic heterocycles. The van der Waals surface area contributed by atoms with Crippen LogP contribution in [0.5, 0.6) is 0 Å². The number of hydrogen-bond donors (Lipinski definition) is 0. The molecule has 0 fully saturated rings. The molecule has 2 nitrogen and oxygen atoms in total. The van der Waals surface area contributed by atoms with Crippen LogP contribution in [-0.2, 0) is 4.84 Å². The molecule has 1 aliphatic rings. The van der Waals surface area contributed by atoms with Gasteiger partial charge in [0.2, 0.25) is 0 Å². The fourth-order valence-corrected chi connectivity index (χ4v) is 1.53. The summed E-state index contributed by atoms with van der Waals surface area (Å²) >= 11 is 0. The van der Waals surface area contributed by atoms with Gasteiger partial charge < -0.3 is 4.84 Å². The first-order valence-corrected chi connectivity index (χ1v) is 4.54. The Hall–Kier alpha value is -1.31. The average Bonchev–Trinajstić information content (AvgIpc) is 2.49. The molecular weight excluding hydrogens is 162 g/mol. The van der Waals surface area contributed by atoms with E-state index in [9.17, 15) is 0 Å². The van der Waals surface area contributed by atoms with Crippen molar-refractivity contribution in [3.05, 3.63) is 35.9 Å². The Labute approximate surface area is 78.2 Å². The van der Waals surface area contributed by atoms with E-state index in [1.165, 1.54) is 5.56 Å². The number of benzene rings is 1. The van der Waals surface area contributed by atoms with Crippen LogP contribution in [0, 0.1) is 5.92 Å². The minimum Gasteiger partial charge on any atom is -0.387 e. The van der Waals surface area contributed by atoms with Crippen molar-refractivity contribution >= 4 is 5.71 Å². The van der Waals surface area contributed by atoms with E-state index in [2.05, 4.69) is 24.2 Å². The van der Waals surface area contributed by atoms with Crippen molar-refractivity contribution in [2.75, 3.05) is 0 Å². The van der Waals surface area contributed by atoms with Gasteiger partial charge in [0.1, 0.15) is 0 Å². The molecule has 0 spiro atoms. The lowest BCUT2D eigenvalue weighted by atomic mass is 9.95. The lowest BCUT2D eigenvalue weighted by Crippen LogP contribution is -2.10. The van der Waals surface area contributed by atoms with E-state index in [4.69, 9.17) is 4.84 Å². The maximum atomic E-state index is 5.35. The first kappa shape index (κ1) is 8.30. The predicted molar refractivity (Wildman–Crippen MR) is 52.5 cm³/mol. The zero-order valence-corrected chi connectivity index (χ0v) is 7.90. The smallest absolute Gasteiger partial charge is 0.160 e. The molecule has 0 aliphatic carbocycles. The Morgan fingerprint density at radius 2 is 1.92 bits per heavy atom. The molecule has 1 aliphatic heterocycles. The van der Waals surface area contributed by atoms with Crippen LogP contribution in [0.15, 0.2) is 35.5 Å². The molecule has 68 valence electrons. The van der Waals surface area contributed by atoms with E-state index in [0.717, 1.165) is 5.71 Å². The molecule has 2 heteroatoms. The molecule has 0 bridgehead atoms. The Morgan fingerprint density at radius 1 is 1.23 bits per heavy atom. The summed E-state index contributed by atoms with van der Waals surface area (Å²) in [4.78, 5) is 5.35. The van der Waals surface area contributed by atoms with Crippen molar-refractivity contribution in [3.63, 3.8) is 0 Å². The highest BCUT2D eigenvalue weighted by molar-refractivity contribution is 5.85. The molecule has 1 aromatic carbocycles. The summed E-state index contributed by atoms with van der Waals surface area (Å²) in [5, 5.41) is 3.99. The minimum atomic E-state index is 0.112. The molecule has 1 heterocycles. The zero-order chi connectivity index (χ0) is 9.26. The molecule has 0 radical (unpaired) electrons. The van der Waals surface area contributed by atoms with Crippen molar-refractivity contribution in [3.8, 4) is 0 Å². The van der Waals surface area contributed by atoms with Crippen LogP contribution in [-0.4, -0.2) is 5.71 Å². The number of rotatable bonds is 1. The zero-order valence-electron chi connectivity index (χ0n) is 7.90. The highest BCUT2D eigenvalue weighted by atomic mass is 16.6. The van der Waals surface area contributed by atoms with Gasteiger partial charge in [-0.3, -0.25) is 0 Å². The molecule has 0 saturated heterocycles. The maximum Gasteiger partial charge on any atom is 0.160 e. The van der Waals surface area contributed by atoms with Gasteiger partial charge in [0, 0.05) is 5.92 Å². The van der Waals surface area contributed by atoms with E-state index >= 15 is 0 Å². The molecule has 2 rings (SSSR count). The van der Waals surface area contributed by atoms with Crippen LogP contribution < -0.4 is 0 Å². The van der Waals surface area contributed by atoms with Gasteiger partial charge in [-0.1, -0.05) is 42.4 Å². The fraction of sp³-hybridized carbons (Fsp3) is 0.364. The van der Waals surface area contributed by atoms with Gasteiger partial charge in [0.15, 0.2) is 6.10 Å². The molecule has 2 unspecified atom stereocenters. The normalized spacial score (nSPS) is 26.8. The molecule has 0 amide bonds. The summed E-state index contributed by atoms with van der Waals surface area (Å²) in [5.41, 5.74) is 2.28. The SMILES string of the molecule is CC1=NOC(c2ccccc2)C1C. The quantitative estimate of drug-likeness (QED) is 0.643. The molecular formula is C11H13NO. The standard InChI is InChI=1S/C11H13NO/c1-8-9(2)12-13-11(8)10-6-4-3-5-7-10/h3-8,11H,1-2H3. The van der Waals surface area contributed by atoms with E-state index in [1.807, 2.05) is 25.1 Å². The monoisotopic (exact) mass is 175 g/mol. The van der Waals surface area contributed by atoms with Gasteiger partial charge >= 0.3 is 0 Å². The van der Waals surface area contributed by atoms with E-state index in [1.54, 1.807) is 0 Å². The third-order valence-electron chi connectivity index (χ3n) is 2.55. The lowest BCUT2D eigenvalue weighted by Gasteiger charge is -2.13. The van der Waals surface area contributed by atoms with Crippen LogP contribution in [0.4, 0.5) is 0 Å². The van der Waals surface area contributed by atoms with Gasteiger partial charge in [-0.25, -0.2) is 0 Å². The maximum absolute atomic E-state index is 5.35. The van der Waals surface area contributed by atoms with Crippen molar-refractivity contribution in [2.24, 2.45) is 11.1 Å². The average molecular weight is 175 g/mol. The fourth-order valence-electron chi connectivity index (χ4n) is 1.53. The number of oxime groups is 1. The van der Waals surface area contributed by atoms with Gasteiger partial charge in [-0.05, 0) is 12.5 Å². The van der Waals surface area contributed by atoms with Crippen LogP contribution in [0.1, 0.15) is 25.5 Å².